The van der Waals surface area contributed by atoms with Crippen LogP contribution in [0.4, 0.5) is 5.69 Å². The molecule has 7 nitrogen and oxygen atoms in total. The smallest absolute Gasteiger partial charge is 0.264 e. The summed E-state index contributed by atoms with van der Waals surface area (Å²) in [7, 11) is -4.17. The van der Waals surface area contributed by atoms with Crippen molar-refractivity contribution in [2.24, 2.45) is 0 Å². The summed E-state index contributed by atoms with van der Waals surface area (Å²) in [6.45, 7) is 8.91. The monoisotopic (exact) mass is 645 g/mol. The number of carbonyl (C=O) groups is 2. The maximum absolute atomic E-state index is 14.6. The first-order valence-corrected chi connectivity index (χ1v) is 16.6. The van der Waals surface area contributed by atoms with Gasteiger partial charge < -0.3 is 10.2 Å². The number of aryl methyl sites for hydroxylation is 2. The van der Waals surface area contributed by atoms with Gasteiger partial charge in [0, 0.05) is 23.5 Å². The first-order chi connectivity index (χ1) is 21.2. The number of halogens is 1. The fourth-order valence-electron chi connectivity index (χ4n) is 5.18. The molecule has 1 atom stereocenters. The topological polar surface area (TPSA) is 86.8 Å². The Morgan fingerprint density at radius 3 is 1.96 bits per heavy atom. The molecule has 0 bridgehead atoms. The summed E-state index contributed by atoms with van der Waals surface area (Å²) in [6, 6.07) is 29.1. The molecule has 0 fully saturated rings. The summed E-state index contributed by atoms with van der Waals surface area (Å²) in [5, 5.41) is 3.53. The van der Waals surface area contributed by atoms with Crippen LogP contribution >= 0.6 is 11.6 Å². The van der Waals surface area contributed by atoms with Crippen LogP contribution in [0.1, 0.15) is 43.0 Å². The molecule has 45 heavy (non-hydrogen) atoms. The highest BCUT2D eigenvalue weighted by molar-refractivity contribution is 7.92. The Kier molecular flexibility index (Phi) is 10.7. The van der Waals surface area contributed by atoms with Crippen LogP contribution in [0.25, 0.3) is 0 Å². The van der Waals surface area contributed by atoms with E-state index in [9.17, 15) is 18.0 Å². The van der Waals surface area contributed by atoms with Crippen molar-refractivity contribution in [3.8, 4) is 0 Å². The third-order valence-corrected chi connectivity index (χ3v) is 9.14. The summed E-state index contributed by atoms with van der Waals surface area (Å²) < 4.78 is 29.5. The number of hydrogen-bond donors (Lipinski definition) is 1. The first-order valence-electron chi connectivity index (χ1n) is 14.8. The largest absolute Gasteiger partial charge is 0.350 e. The van der Waals surface area contributed by atoms with Crippen LogP contribution in [-0.2, 0) is 32.6 Å². The number of hydrogen-bond acceptors (Lipinski definition) is 4. The molecule has 4 rings (SSSR count). The zero-order valence-electron chi connectivity index (χ0n) is 26.3. The van der Waals surface area contributed by atoms with Gasteiger partial charge in [-0.2, -0.15) is 0 Å². The highest BCUT2D eigenvalue weighted by Crippen LogP contribution is 2.27. The number of nitrogens with one attached hydrogen (secondary N) is 1. The summed E-state index contributed by atoms with van der Waals surface area (Å²) in [6.07, 6.45) is 0.226. The molecule has 0 aliphatic rings. The van der Waals surface area contributed by atoms with Crippen molar-refractivity contribution in [3.05, 3.63) is 130 Å². The van der Waals surface area contributed by atoms with Gasteiger partial charge in [0.1, 0.15) is 12.6 Å². The molecule has 0 aromatic heterocycles. The fourth-order valence-corrected chi connectivity index (χ4v) is 6.81. The van der Waals surface area contributed by atoms with Gasteiger partial charge in [0.15, 0.2) is 0 Å². The van der Waals surface area contributed by atoms with Gasteiger partial charge in [-0.1, -0.05) is 78.3 Å². The predicted molar refractivity (Wildman–Crippen MR) is 181 cm³/mol. The number of rotatable bonds is 11. The van der Waals surface area contributed by atoms with Crippen LogP contribution in [0.3, 0.4) is 0 Å². The van der Waals surface area contributed by atoms with E-state index in [1.54, 1.807) is 48.5 Å². The van der Waals surface area contributed by atoms with Crippen molar-refractivity contribution in [1.29, 1.82) is 0 Å². The van der Waals surface area contributed by atoms with Crippen LogP contribution in [0.2, 0.25) is 5.02 Å². The summed E-state index contributed by atoms with van der Waals surface area (Å²) in [5.41, 5.74) is 3.07. The number of anilines is 1. The van der Waals surface area contributed by atoms with Crippen LogP contribution in [0, 0.1) is 13.8 Å². The molecule has 0 heterocycles. The van der Waals surface area contributed by atoms with E-state index in [1.165, 1.54) is 17.0 Å². The molecule has 4 aromatic carbocycles. The van der Waals surface area contributed by atoms with Crippen LogP contribution in [-0.4, -0.2) is 43.3 Å². The van der Waals surface area contributed by atoms with Gasteiger partial charge >= 0.3 is 0 Å². The summed E-state index contributed by atoms with van der Waals surface area (Å²) in [5.74, 6) is -0.871. The van der Waals surface area contributed by atoms with Gasteiger partial charge in [0.25, 0.3) is 10.0 Å². The van der Waals surface area contributed by atoms with Gasteiger partial charge in [0.05, 0.1) is 10.6 Å². The fraction of sp³-hybridized carbons (Fsp3) is 0.278. The average molecular weight is 646 g/mol. The van der Waals surface area contributed by atoms with Crippen LogP contribution in [0.5, 0.6) is 0 Å². The van der Waals surface area contributed by atoms with Gasteiger partial charge in [0.2, 0.25) is 11.8 Å². The molecular formula is C36H40ClN3O4S. The molecule has 0 aliphatic carbocycles. The zero-order chi connectivity index (χ0) is 32.8. The Bertz CT molecular complexity index is 1720. The molecule has 0 spiro atoms. The van der Waals surface area contributed by atoms with Crippen LogP contribution in [0.15, 0.2) is 108 Å². The van der Waals surface area contributed by atoms with E-state index >= 15 is 0 Å². The Labute approximate surface area is 271 Å². The third-order valence-electron chi connectivity index (χ3n) is 7.12. The summed E-state index contributed by atoms with van der Waals surface area (Å²) in [4.78, 5) is 30.1. The molecule has 0 saturated heterocycles. The molecule has 1 unspecified atom stereocenters. The minimum Gasteiger partial charge on any atom is -0.350 e. The molecule has 4 aromatic rings. The van der Waals surface area contributed by atoms with E-state index in [0.717, 1.165) is 21.0 Å². The maximum Gasteiger partial charge on any atom is 0.264 e. The van der Waals surface area contributed by atoms with Gasteiger partial charge in [-0.3, -0.25) is 13.9 Å². The van der Waals surface area contributed by atoms with Crippen LogP contribution < -0.4 is 9.62 Å². The minimum absolute atomic E-state index is 0.0422. The lowest BCUT2D eigenvalue weighted by molar-refractivity contribution is -0.140. The molecule has 1 N–H and O–H groups in total. The SMILES string of the molecule is Cc1cc(C)cc(N(CC(=O)N(Cc2cccc(Cl)c2)C(Cc2ccccc2)C(=O)NC(C)(C)C)S(=O)(=O)c2ccccc2)c1. The third kappa shape index (κ3) is 9.19. The lowest BCUT2D eigenvalue weighted by Gasteiger charge is -2.35. The highest BCUT2D eigenvalue weighted by atomic mass is 35.5. The van der Waals surface area contributed by atoms with Gasteiger partial charge in [-0.05, 0) is 93.3 Å². The van der Waals surface area contributed by atoms with E-state index in [2.05, 4.69) is 5.32 Å². The van der Waals surface area contributed by atoms with E-state index in [1.807, 2.05) is 77.1 Å². The number of sulfonamides is 1. The molecule has 0 aliphatic heterocycles. The van der Waals surface area contributed by atoms with Crippen molar-refractivity contribution in [2.75, 3.05) is 10.8 Å². The van der Waals surface area contributed by atoms with E-state index in [0.29, 0.717) is 16.3 Å². The van der Waals surface area contributed by atoms with Gasteiger partial charge in [-0.25, -0.2) is 8.42 Å². The molecule has 0 saturated carbocycles. The van der Waals surface area contributed by atoms with Crippen molar-refractivity contribution in [2.45, 2.75) is 64.1 Å². The average Bonchev–Trinajstić information content (AvgIpc) is 2.97. The summed E-state index contributed by atoms with van der Waals surface area (Å²) >= 11 is 6.32. The minimum atomic E-state index is -4.17. The van der Waals surface area contributed by atoms with Crippen molar-refractivity contribution in [1.82, 2.24) is 10.2 Å². The quantitative estimate of drug-likeness (QED) is 0.197. The number of amides is 2. The second kappa shape index (κ2) is 14.3. The maximum atomic E-state index is 14.6. The van der Waals surface area contributed by atoms with E-state index in [-0.39, 0.29) is 23.8 Å². The van der Waals surface area contributed by atoms with E-state index < -0.39 is 34.1 Å². The van der Waals surface area contributed by atoms with Crippen molar-refractivity contribution < 1.29 is 18.0 Å². The van der Waals surface area contributed by atoms with Gasteiger partial charge in [-0.15, -0.1) is 0 Å². The lowest BCUT2D eigenvalue weighted by atomic mass is 10.0. The zero-order valence-corrected chi connectivity index (χ0v) is 27.9. The Hall–Kier alpha value is -4.14. The Morgan fingerprint density at radius 1 is 0.800 bits per heavy atom. The molecule has 236 valence electrons. The number of nitrogens with zero attached hydrogens (tertiary/aromatic N) is 2. The second-order valence-electron chi connectivity index (χ2n) is 12.3. The standard InChI is InChI=1S/C36H40ClN3O4S/c1-26-19-27(2)21-31(20-26)40(45(43,44)32-17-10-7-11-18-32)25-34(41)39(24-29-15-12-16-30(37)22-29)33(35(42)38-36(3,4)5)23-28-13-8-6-9-14-28/h6-22,33H,23-25H2,1-5H3,(H,38,42). The molecular weight excluding hydrogens is 606 g/mol. The normalized spacial score (nSPS) is 12.3. The van der Waals surface area contributed by atoms with Crippen molar-refractivity contribution in [3.63, 3.8) is 0 Å². The Morgan fingerprint density at radius 2 is 1.38 bits per heavy atom. The highest BCUT2D eigenvalue weighted by Gasteiger charge is 2.35. The first kappa shape index (κ1) is 33.7. The number of benzene rings is 4. The Balaban J connectivity index is 1.84. The van der Waals surface area contributed by atoms with E-state index in [4.69, 9.17) is 11.6 Å². The lowest BCUT2D eigenvalue weighted by Crippen LogP contribution is -2.56. The number of carbonyl (C=O) groups excluding carboxylic acids is 2. The predicted octanol–water partition coefficient (Wildman–Crippen LogP) is 6.71. The van der Waals surface area contributed by atoms with Crippen molar-refractivity contribution >= 4 is 39.1 Å². The molecule has 2 amide bonds. The molecule has 0 radical (unpaired) electrons. The molecule has 9 heteroatoms. The second-order valence-corrected chi connectivity index (χ2v) is 14.6.